The van der Waals surface area contributed by atoms with E-state index in [1.807, 2.05) is 85.7 Å². The molecule has 5 nitrogen and oxygen atoms in total. The highest BCUT2D eigenvalue weighted by atomic mass is 32.2. The third kappa shape index (κ3) is 7.93. The van der Waals surface area contributed by atoms with Gasteiger partial charge in [-0.05, 0) is 65.0 Å². The number of hydrogen-bond donors (Lipinski definition) is 0. The van der Waals surface area contributed by atoms with Crippen molar-refractivity contribution in [3.05, 3.63) is 30.3 Å². The van der Waals surface area contributed by atoms with Crippen molar-refractivity contribution < 1.29 is 23.9 Å². The Balaban J connectivity index is 1.78. The van der Waals surface area contributed by atoms with E-state index in [-0.39, 0.29) is 39.4 Å². The zero-order valence-corrected chi connectivity index (χ0v) is 25.4. The number of hydrogen-bond acceptors (Lipinski definition) is 7. The van der Waals surface area contributed by atoms with Crippen LogP contribution in [0.25, 0.3) is 0 Å². The summed E-state index contributed by atoms with van der Waals surface area (Å²) in [6, 6.07) is 9.87. The number of rotatable bonds is 10. The van der Waals surface area contributed by atoms with E-state index >= 15 is 0 Å². The fraction of sp³-hybridized carbons (Fsp3) is 0.700. The van der Waals surface area contributed by atoms with Gasteiger partial charge in [-0.2, -0.15) is 0 Å². The second-order valence-corrected chi connectivity index (χ2v) is 15.6. The Labute approximate surface area is 231 Å². The fourth-order valence-corrected chi connectivity index (χ4v) is 7.63. The van der Waals surface area contributed by atoms with Gasteiger partial charge in [0.2, 0.25) is 0 Å². The highest BCUT2D eigenvalue weighted by Gasteiger charge is 2.54. The average molecular weight is 549 g/mol. The quantitative estimate of drug-likeness (QED) is 0.289. The van der Waals surface area contributed by atoms with Crippen molar-refractivity contribution in [2.75, 3.05) is 5.75 Å². The molecule has 1 aromatic carbocycles. The van der Waals surface area contributed by atoms with E-state index in [9.17, 15) is 14.4 Å². The molecule has 7 heteroatoms. The number of carbonyl (C=O) groups excluding carboxylic acids is 3. The van der Waals surface area contributed by atoms with Gasteiger partial charge in [-0.1, -0.05) is 57.7 Å². The minimum absolute atomic E-state index is 0.105. The SMILES string of the molecule is CC1(C)O[C@@H](C[C@H](C(=O)SC(C)(C)C)[C@H]2CCC(=O)[C@@]2(C)CCC(=O)CSc2ccccc2)C(C)(C)O1. The predicted molar refractivity (Wildman–Crippen MR) is 152 cm³/mol. The summed E-state index contributed by atoms with van der Waals surface area (Å²) in [4.78, 5) is 40.9. The zero-order chi connectivity index (χ0) is 27.6. The van der Waals surface area contributed by atoms with E-state index in [1.165, 1.54) is 23.5 Å². The van der Waals surface area contributed by atoms with Crippen LogP contribution in [0, 0.1) is 17.3 Å². The molecule has 1 saturated carbocycles. The molecule has 0 N–H and O–H groups in total. The van der Waals surface area contributed by atoms with Crippen LogP contribution in [0.2, 0.25) is 0 Å². The molecule has 2 fully saturated rings. The maximum Gasteiger partial charge on any atom is 0.192 e. The van der Waals surface area contributed by atoms with Gasteiger partial charge < -0.3 is 9.47 Å². The van der Waals surface area contributed by atoms with Crippen molar-refractivity contribution in [2.24, 2.45) is 17.3 Å². The monoisotopic (exact) mass is 548 g/mol. The number of thioether (sulfide) groups is 2. The van der Waals surface area contributed by atoms with E-state index < -0.39 is 16.8 Å². The molecule has 2 aliphatic rings. The van der Waals surface area contributed by atoms with Gasteiger partial charge in [-0.15, -0.1) is 11.8 Å². The van der Waals surface area contributed by atoms with Crippen molar-refractivity contribution in [3.8, 4) is 0 Å². The largest absolute Gasteiger partial charge is 0.344 e. The number of carbonyl (C=O) groups is 3. The molecule has 0 aromatic heterocycles. The summed E-state index contributed by atoms with van der Waals surface area (Å²) in [6.07, 6.45) is 2.18. The summed E-state index contributed by atoms with van der Waals surface area (Å²) >= 11 is 2.88. The van der Waals surface area contributed by atoms with Gasteiger partial charge in [0.05, 0.1) is 17.5 Å². The summed E-state index contributed by atoms with van der Waals surface area (Å²) < 4.78 is 12.2. The van der Waals surface area contributed by atoms with E-state index in [0.29, 0.717) is 37.9 Å². The molecule has 1 aliphatic carbocycles. The topological polar surface area (TPSA) is 69.7 Å². The van der Waals surface area contributed by atoms with Crippen LogP contribution in [0.5, 0.6) is 0 Å². The van der Waals surface area contributed by atoms with E-state index in [1.54, 1.807) is 0 Å². The molecule has 1 saturated heterocycles. The summed E-state index contributed by atoms with van der Waals surface area (Å²) in [5, 5.41) is 0.105. The Morgan fingerprint density at radius 2 is 1.73 bits per heavy atom. The van der Waals surface area contributed by atoms with Crippen LogP contribution in [0.4, 0.5) is 0 Å². The van der Waals surface area contributed by atoms with Crippen LogP contribution in [-0.4, -0.2) is 44.7 Å². The average Bonchev–Trinajstić information content (AvgIpc) is 3.18. The van der Waals surface area contributed by atoms with Crippen molar-refractivity contribution in [2.45, 2.75) is 115 Å². The lowest BCUT2D eigenvalue weighted by atomic mass is 9.68. The third-order valence-corrected chi connectivity index (χ3v) is 9.77. The van der Waals surface area contributed by atoms with Gasteiger partial charge >= 0.3 is 0 Å². The lowest BCUT2D eigenvalue weighted by Crippen LogP contribution is -2.42. The van der Waals surface area contributed by atoms with Crippen LogP contribution >= 0.6 is 23.5 Å². The van der Waals surface area contributed by atoms with Gasteiger partial charge in [0.25, 0.3) is 0 Å². The van der Waals surface area contributed by atoms with E-state index in [2.05, 4.69) is 0 Å². The lowest BCUT2D eigenvalue weighted by molar-refractivity contribution is -0.158. The predicted octanol–water partition coefficient (Wildman–Crippen LogP) is 7.11. The molecule has 0 radical (unpaired) electrons. The van der Waals surface area contributed by atoms with Crippen molar-refractivity contribution in [1.82, 2.24) is 0 Å². The molecule has 4 atom stereocenters. The maximum absolute atomic E-state index is 13.8. The first-order chi connectivity index (χ1) is 17.0. The molecule has 3 rings (SSSR count). The normalized spacial score (nSPS) is 27.8. The Kier molecular flexibility index (Phi) is 9.47. The van der Waals surface area contributed by atoms with Gasteiger partial charge in [-0.25, -0.2) is 0 Å². The highest BCUT2D eigenvalue weighted by Crippen LogP contribution is 2.52. The molecule has 1 aliphatic heterocycles. The Morgan fingerprint density at radius 3 is 2.30 bits per heavy atom. The second kappa shape index (κ2) is 11.5. The van der Waals surface area contributed by atoms with Crippen LogP contribution < -0.4 is 0 Å². The minimum atomic E-state index is -0.726. The molecular formula is C30H44O5S2. The molecule has 37 heavy (non-hydrogen) atoms. The smallest absolute Gasteiger partial charge is 0.192 e. The molecule has 0 spiro atoms. The Morgan fingerprint density at radius 1 is 1.08 bits per heavy atom. The minimum Gasteiger partial charge on any atom is -0.344 e. The fourth-order valence-electron chi connectivity index (χ4n) is 5.79. The van der Waals surface area contributed by atoms with Crippen LogP contribution in [0.3, 0.4) is 0 Å². The van der Waals surface area contributed by atoms with Crippen molar-refractivity contribution >= 4 is 40.2 Å². The molecule has 0 unspecified atom stereocenters. The van der Waals surface area contributed by atoms with E-state index in [4.69, 9.17) is 9.47 Å². The number of ketones is 2. The van der Waals surface area contributed by atoms with Gasteiger partial charge in [-0.3, -0.25) is 14.4 Å². The van der Waals surface area contributed by atoms with Gasteiger partial charge in [0, 0.05) is 33.8 Å². The summed E-state index contributed by atoms with van der Waals surface area (Å²) in [5.74, 6) is -0.510. The number of benzene rings is 1. The summed E-state index contributed by atoms with van der Waals surface area (Å²) in [5.41, 5.74) is -1.25. The molecule has 1 heterocycles. The first-order valence-electron chi connectivity index (χ1n) is 13.4. The molecule has 0 amide bonds. The standard InChI is InChI=1S/C30H44O5S2/c1-27(2,3)37-26(33)22(18-25-28(4,5)35-29(6,7)34-25)23-14-15-24(32)30(23,8)17-16-20(31)19-36-21-12-10-9-11-13-21/h9-13,22-23,25H,14-19H2,1-8H3/t22-,23+,25-,30-/m0/s1. The Hall–Kier alpha value is -1.15. The highest BCUT2D eigenvalue weighted by molar-refractivity contribution is 8.14. The molecule has 206 valence electrons. The first kappa shape index (κ1) is 30.4. The third-order valence-electron chi connectivity index (χ3n) is 7.58. The number of Topliss-reactive ketones (excluding diaryl/α,β-unsaturated/α-hetero) is 2. The second-order valence-electron chi connectivity index (χ2n) is 12.7. The van der Waals surface area contributed by atoms with Gasteiger partial charge in [0.1, 0.15) is 11.6 Å². The summed E-state index contributed by atoms with van der Waals surface area (Å²) in [6.45, 7) is 15.9. The number of ether oxygens (including phenoxy) is 2. The lowest BCUT2D eigenvalue weighted by Gasteiger charge is -2.38. The van der Waals surface area contributed by atoms with Crippen LogP contribution in [-0.2, 0) is 23.9 Å². The zero-order valence-electron chi connectivity index (χ0n) is 23.7. The molecular weight excluding hydrogens is 504 g/mol. The first-order valence-corrected chi connectivity index (χ1v) is 15.2. The van der Waals surface area contributed by atoms with Crippen molar-refractivity contribution in [1.29, 1.82) is 0 Å². The molecule has 1 aromatic rings. The maximum atomic E-state index is 13.8. The Bertz CT molecular complexity index is 981. The van der Waals surface area contributed by atoms with Crippen LogP contribution in [0.15, 0.2) is 35.2 Å². The summed E-state index contributed by atoms with van der Waals surface area (Å²) in [7, 11) is 0. The van der Waals surface area contributed by atoms with Crippen molar-refractivity contribution in [3.63, 3.8) is 0 Å². The molecule has 0 bridgehead atoms. The van der Waals surface area contributed by atoms with Gasteiger partial charge in [0.15, 0.2) is 10.9 Å². The van der Waals surface area contributed by atoms with Crippen LogP contribution in [0.1, 0.15) is 87.5 Å². The van der Waals surface area contributed by atoms with E-state index in [0.717, 1.165) is 4.90 Å².